The number of carbonyl (C=O) groups is 1. The predicted octanol–water partition coefficient (Wildman–Crippen LogP) is 1.71. The Morgan fingerprint density at radius 1 is 1.32 bits per heavy atom. The maximum Gasteiger partial charge on any atom is 0.323 e. The van der Waals surface area contributed by atoms with Crippen LogP contribution in [0.4, 0.5) is 0 Å². The summed E-state index contributed by atoms with van der Waals surface area (Å²) in [7, 11) is 0. The number of rotatable bonds is 3. The summed E-state index contributed by atoms with van der Waals surface area (Å²) in [6.07, 6.45) is 3.48. The molecule has 0 spiro atoms. The van der Waals surface area contributed by atoms with Gasteiger partial charge in [0.15, 0.2) is 0 Å². The van der Waals surface area contributed by atoms with Gasteiger partial charge >= 0.3 is 5.97 Å². The molecule has 2 rings (SSSR count). The fraction of sp³-hybridized carbons (Fsp3) is 0.933. The lowest BCUT2D eigenvalue weighted by Crippen LogP contribution is -2.40. The van der Waals surface area contributed by atoms with Crippen LogP contribution in [0.25, 0.3) is 0 Å². The molecule has 3 unspecified atom stereocenters. The van der Waals surface area contributed by atoms with Crippen molar-refractivity contribution in [1.29, 1.82) is 0 Å². The van der Waals surface area contributed by atoms with Crippen molar-refractivity contribution in [2.24, 2.45) is 17.8 Å². The number of ether oxygens (including phenoxy) is 1. The molecule has 4 nitrogen and oxygen atoms in total. The molecule has 4 heteroatoms. The van der Waals surface area contributed by atoms with Crippen LogP contribution in [-0.2, 0) is 9.53 Å². The molecule has 5 atom stereocenters. The molecule has 1 heterocycles. The molecular weight excluding hydrogens is 242 g/mol. The van der Waals surface area contributed by atoms with Crippen molar-refractivity contribution in [2.45, 2.75) is 64.7 Å². The molecule has 2 fully saturated rings. The zero-order chi connectivity index (χ0) is 14.0. The highest BCUT2D eigenvalue weighted by Gasteiger charge is 2.36. The number of esters is 1. The second kappa shape index (κ2) is 6.23. The number of carbonyl (C=O) groups excluding carboxylic acids is 1. The Labute approximate surface area is 115 Å². The number of aliphatic hydroxyl groups is 1. The fourth-order valence-electron chi connectivity index (χ4n) is 3.38. The van der Waals surface area contributed by atoms with Crippen LogP contribution in [0, 0.1) is 17.8 Å². The first kappa shape index (κ1) is 14.8. The van der Waals surface area contributed by atoms with Gasteiger partial charge in [-0.1, -0.05) is 27.2 Å². The highest BCUT2D eigenvalue weighted by Crippen LogP contribution is 2.35. The molecule has 2 aliphatic rings. The van der Waals surface area contributed by atoms with E-state index in [4.69, 9.17) is 4.74 Å². The van der Waals surface area contributed by atoms with E-state index in [1.165, 1.54) is 6.42 Å². The van der Waals surface area contributed by atoms with Crippen LogP contribution in [0.3, 0.4) is 0 Å². The van der Waals surface area contributed by atoms with Gasteiger partial charge in [-0.2, -0.15) is 0 Å². The third kappa shape index (κ3) is 3.69. The first-order valence-corrected chi connectivity index (χ1v) is 7.59. The maximum absolute atomic E-state index is 12.1. The minimum atomic E-state index is -0.413. The first-order valence-electron chi connectivity index (χ1n) is 7.59. The summed E-state index contributed by atoms with van der Waals surface area (Å²) in [5, 5.41) is 12.5. The van der Waals surface area contributed by atoms with Crippen molar-refractivity contribution in [1.82, 2.24) is 5.32 Å². The number of β-amino-alcohol motifs (C(OH)–C–C–N with tert-alkyl or cyclic N) is 1. The Morgan fingerprint density at radius 2 is 2.05 bits per heavy atom. The predicted molar refractivity (Wildman–Crippen MR) is 73.6 cm³/mol. The topological polar surface area (TPSA) is 58.6 Å². The van der Waals surface area contributed by atoms with E-state index >= 15 is 0 Å². The summed E-state index contributed by atoms with van der Waals surface area (Å²) < 4.78 is 5.76. The van der Waals surface area contributed by atoms with Crippen molar-refractivity contribution in [3.8, 4) is 0 Å². The van der Waals surface area contributed by atoms with Crippen molar-refractivity contribution in [3.05, 3.63) is 0 Å². The van der Waals surface area contributed by atoms with Gasteiger partial charge in [-0.25, -0.2) is 0 Å². The summed E-state index contributed by atoms with van der Waals surface area (Å²) in [6.45, 7) is 7.14. The average molecular weight is 269 g/mol. The molecule has 0 amide bonds. The molecule has 0 aromatic heterocycles. The Morgan fingerprint density at radius 3 is 2.63 bits per heavy atom. The summed E-state index contributed by atoms with van der Waals surface area (Å²) >= 11 is 0. The third-order valence-electron chi connectivity index (χ3n) is 4.62. The minimum absolute atomic E-state index is 0.0517. The van der Waals surface area contributed by atoms with Crippen LogP contribution in [0.5, 0.6) is 0 Å². The summed E-state index contributed by atoms with van der Waals surface area (Å²) in [5.41, 5.74) is 0. The fourth-order valence-corrected chi connectivity index (χ4v) is 3.38. The molecule has 110 valence electrons. The van der Waals surface area contributed by atoms with Gasteiger partial charge in [0.05, 0.1) is 6.10 Å². The molecular formula is C15H27NO3. The number of nitrogens with one attached hydrogen (secondary N) is 1. The summed E-state index contributed by atoms with van der Waals surface area (Å²) in [6, 6.07) is -0.319. The van der Waals surface area contributed by atoms with Gasteiger partial charge in [-0.05, 0) is 30.6 Å². The molecule has 0 bridgehead atoms. The van der Waals surface area contributed by atoms with Gasteiger partial charge in [0.25, 0.3) is 0 Å². The monoisotopic (exact) mass is 269 g/mol. The standard InChI is InChI=1S/C15H27NO3/c1-9(2)12-5-4-10(3)6-14(12)19-15(18)13-7-11(17)8-16-13/h9-14,16-17H,4-8H2,1-3H3/t10?,11-,12?,13+,14?/m1/s1. The zero-order valence-electron chi connectivity index (χ0n) is 12.3. The molecule has 0 radical (unpaired) electrons. The van der Waals surface area contributed by atoms with Gasteiger partial charge in [0.2, 0.25) is 0 Å². The third-order valence-corrected chi connectivity index (χ3v) is 4.62. The first-order chi connectivity index (χ1) is 8.97. The Bertz CT molecular complexity index is 319. The van der Waals surface area contributed by atoms with Gasteiger partial charge < -0.3 is 15.2 Å². The lowest BCUT2D eigenvalue weighted by Gasteiger charge is -2.37. The Balaban J connectivity index is 1.92. The van der Waals surface area contributed by atoms with E-state index in [1.807, 2.05) is 0 Å². The van der Waals surface area contributed by atoms with Crippen molar-refractivity contribution < 1.29 is 14.6 Å². The van der Waals surface area contributed by atoms with Gasteiger partial charge in [-0.3, -0.25) is 4.79 Å². The average Bonchev–Trinajstić information content (AvgIpc) is 2.75. The van der Waals surface area contributed by atoms with Crippen molar-refractivity contribution >= 4 is 5.97 Å². The molecule has 1 saturated heterocycles. The number of hydrogen-bond acceptors (Lipinski definition) is 4. The van der Waals surface area contributed by atoms with E-state index < -0.39 is 6.10 Å². The van der Waals surface area contributed by atoms with Crippen molar-refractivity contribution in [2.75, 3.05) is 6.54 Å². The van der Waals surface area contributed by atoms with E-state index in [1.54, 1.807) is 0 Å². The van der Waals surface area contributed by atoms with Crippen LogP contribution in [0.15, 0.2) is 0 Å². The van der Waals surface area contributed by atoms with E-state index in [2.05, 4.69) is 26.1 Å². The Hall–Kier alpha value is -0.610. The molecule has 1 aliphatic carbocycles. The largest absolute Gasteiger partial charge is 0.461 e. The summed E-state index contributed by atoms with van der Waals surface area (Å²) in [4.78, 5) is 12.1. The second-order valence-electron chi connectivity index (χ2n) is 6.65. The van der Waals surface area contributed by atoms with Crippen LogP contribution >= 0.6 is 0 Å². The Kier molecular flexibility index (Phi) is 4.85. The van der Waals surface area contributed by atoms with E-state index in [-0.39, 0.29) is 18.1 Å². The quantitative estimate of drug-likeness (QED) is 0.766. The molecule has 0 aromatic carbocycles. The normalized spacial score (nSPS) is 39.5. The molecule has 0 aromatic rings. The lowest BCUT2D eigenvalue weighted by molar-refractivity contribution is -0.158. The SMILES string of the molecule is CC1CCC(C(C)C)C(OC(=O)[C@@H]2C[C@@H](O)CN2)C1. The van der Waals surface area contributed by atoms with Gasteiger partial charge in [-0.15, -0.1) is 0 Å². The molecule has 1 aliphatic heterocycles. The van der Waals surface area contributed by atoms with Crippen molar-refractivity contribution in [3.63, 3.8) is 0 Å². The van der Waals surface area contributed by atoms with Gasteiger partial charge in [0.1, 0.15) is 12.1 Å². The van der Waals surface area contributed by atoms with E-state index in [0.717, 1.165) is 12.8 Å². The molecule has 2 N–H and O–H groups in total. The zero-order valence-corrected chi connectivity index (χ0v) is 12.3. The highest BCUT2D eigenvalue weighted by atomic mass is 16.5. The smallest absolute Gasteiger partial charge is 0.323 e. The van der Waals surface area contributed by atoms with E-state index in [0.29, 0.717) is 30.7 Å². The van der Waals surface area contributed by atoms with Crippen LogP contribution in [-0.4, -0.2) is 35.9 Å². The highest BCUT2D eigenvalue weighted by molar-refractivity contribution is 5.76. The number of hydrogen-bond donors (Lipinski definition) is 2. The van der Waals surface area contributed by atoms with Crippen LogP contribution in [0.2, 0.25) is 0 Å². The maximum atomic E-state index is 12.1. The summed E-state index contributed by atoms with van der Waals surface area (Å²) in [5.74, 6) is 1.48. The number of aliphatic hydroxyl groups excluding tert-OH is 1. The second-order valence-corrected chi connectivity index (χ2v) is 6.65. The van der Waals surface area contributed by atoms with E-state index in [9.17, 15) is 9.90 Å². The lowest BCUT2D eigenvalue weighted by atomic mass is 9.75. The van der Waals surface area contributed by atoms with Crippen LogP contribution < -0.4 is 5.32 Å². The van der Waals surface area contributed by atoms with Gasteiger partial charge in [0, 0.05) is 13.0 Å². The minimum Gasteiger partial charge on any atom is -0.461 e. The van der Waals surface area contributed by atoms with Crippen LogP contribution in [0.1, 0.15) is 46.5 Å². The molecule has 19 heavy (non-hydrogen) atoms. The molecule has 1 saturated carbocycles.